The minimum absolute atomic E-state index is 0.0337. The van der Waals surface area contributed by atoms with Crippen LogP contribution in [-0.2, 0) is 0 Å². The number of aromatic nitrogens is 2. The fourth-order valence-electron chi connectivity index (χ4n) is 2.38. The molecule has 3 nitrogen and oxygen atoms in total. The van der Waals surface area contributed by atoms with E-state index in [1.165, 1.54) is 6.07 Å². The lowest BCUT2D eigenvalue weighted by atomic mass is 10.0. The lowest BCUT2D eigenvalue weighted by Gasteiger charge is -2.16. The first-order valence-electron chi connectivity index (χ1n) is 7.34. The topological polar surface area (TPSA) is 37.8 Å². The van der Waals surface area contributed by atoms with Gasteiger partial charge in [0.15, 0.2) is 5.82 Å². The van der Waals surface area contributed by atoms with E-state index >= 15 is 0 Å². The summed E-state index contributed by atoms with van der Waals surface area (Å²) in [6.07, 6.45) is 1.64. The van der Waals surface area contributed by atoms with Crippen LogP contribution >= 0.6 is 31.9 Å². The summed E-state index contributed by atoms with van der Waals surface area (Å²) in [6.45, 7) is 2.04. The number of anilines is 1. The van der Waals surface area contributed by atoms with E-state index in [0.29, 0.717) is 20.6 Å². The quantitative estimate of drug-likeness (QED) is 0.531. The maximum Gasteiger partial charge on any atom is 0.159 e. The third-order valence-corrected chi connectivity index (χ3v) is 4.58. The second-order valence-electron chi connectivity index (χ2n) is 5.30. The summed E-state index contributed by atoms with van der Waals surface area (Å²) in [4.78, 5) is 8.55. The Morgan fingerprint density at radius 3 is 2.42 bits per heavy atom. The zero-order valence-corrected chi connectivity index (χ0v) is 16.0. The van der Waals surface area contributed by atoms with Crippen LogP contribution in [0, 0.1) is 5.82 Å². The van der Waals surface area contributed by atoms with E-state index in [1.54, 1.807) is 18.3 Å². The van der Waals surface area contributed by atoms with E-state index in [4.69, 9.17) is 0 Å². The molecule has 0 saturated heterocycles. The van der Waals surface area contributed by atoms with Crippen molar-refractivity contribution in [3.05, 3.63) is 75.3 Å². The number of nitrogens with zero attached hydrogens (tertiary/aromatic N) is 2. The van der Waals surface area contributed by atoms with Crippen LogP contribution in [0.25, 0.3) is 11.1 Å². The van der Waals surface area contributed by atoms with E-state index in [-0.39, 0.29) is 11.9 Å². The van der Waals surface area contributed by atoms with Gasteiger partial charge in [0.1, 0.15) is 15.0 Å². The molecule has 0 amide bonds. The summed E-state index contributed by atoms with van der Waals surface area (Å²) >= 11 is 6.67. The minimum Gasteiger partial charge on any atom is -0.361 e. The molecule has 0 fully saturated rings. The number of hydrogen-bond acceptors (Lipinski definition) is 3. The number of halogens is 3. The van der Waals surface area contributed by atoms with Crippen molar-refractivity contribution in [1.29, 1.82) is 0 Å². The van der Waals surface area contributed by atoms with Crippen LogP contribution in [0.1, 0.15) is 18.5 Å². The lowest BCUT2D eigenvalue weighted by molar-refractivity contribution is 0.631. The van der Waals surface area contributed by atoms with Crippen LogP contribution in [0.15, 0.2) is 63.9 Å². The van der Waals surface area contributed by atoms with Crippen LogP contribution in [-0.4, -0.2) is 9.97 Å². The zero-order valence-electron chi connectivity index (χ0n) is 12.8. The third kappa shape index (κ3) is 3.82. The molecule has 1 N–H and O–H groups in total. The summed E-state index contributed by atoms with van der Waals surface area (Å²) in [5, 5.41) is 3.31. The molecule has 6 heteroatoms. The highest BCUT2D eigenvalue weighted by atomic mass is 79.9. The predicted octanol–water partition coefficient (Wildman–Crippen LogP) is 5.98. The van der Waals surface area contributed by atoms with Gasteiger partial charge in [0.2, 0.25) is 0 Å². The molecule has 0 saturated carbocycles. The molecule has 3 rings (SSSR count). The highest BCUT2D eigenvalue weighted by Gasteiger charge is 2.11. The van der Waals surface area contributed by atoms with Gasteiger partial charge in [-0.25, -0.2) is 14.4 Å². The second kappa shape index (κ2) is 7.40. The molecule has 0 radical (unpaired) electrons. The van der Waals surface area contributed by atoms with Crippen molar-refractivity contribution in [2.75, 3.05) is 5.32 Å². The first-order valence-corrected chi connectivity index (χ1v) is 8.92. The van der Waals surface area contributed by atoms with Gasteiger partial charge < -0.3 is 5.32 Å². The Hall–Kier alpha value is -1.79. The Balaban J connectivity index is 1.79. The van der Waals surface area contributed by atoms with Crippen LogP contribution in [0.3, 0.4) is 0 Å². The molecular weight excluding hydrogens is 437 g/mol. The molecule has 0 aliphatic carbocycles. The van der Waals surface area contributed by atoms with Crippen molar-refractivity contribution in [2.24, 2.45) is 0 Å². The number of nitrogens with one attached hydrogen (secondary N) is 1. The second-order valence-corrected chi connectivity index (χ2v) is 6.86. The number of benzene rings is 2. The monoisotopic (exact) mass is 449 g/mol. The zero-order chi connectivity index (χ0) is 17.1. The molecule has 0 unspecified atom stereocenters. The fourth-order valence-corrected chi connectivity index (χ4v) is 3.30. The van der Waals surface area contributed by atoms with Gasteiger partial charge in [-0.1, -0.05) is 42.5 Å². The SMILES string of the molecule is C[C@@H](Nc1ncc(Br)nc1Br)c1ccc(-c2ccccc2F)cc1. The highest BCUT2D eigenvalue weighted by molar-refractivity contribution is 9.11. The molecule has 1 aromatic heterocycles. The number of hydrogen-bond donors (Lipinski definition) is 1. The lowest BCUT2D eigenvalue weighted by Crippen LogP contribution is -2.09. The van der Waals surface area contributed by atoms with E-state index in [2.05, 4.69) is 47.1 Å². The van der Waals surface area contributed by atoms with Crippen LogP contribution in [0.5, 0.6) is 0 Å². The largest absolute Gasteiger partial charge is 0.361 e. The Labute approximate surface area is 156 Å². The van der Waals surface area contributed by atoms with Crippen LogP contribution in [0.4, 0.5) is 10.2 Å². The first kappa shape index (κ1) is 17.0. The van der Waals surface area contributed by atoms with Crippen molar-refractivity contribution in [3.63, 3.8) is 0 Å². The van der Waals surface area contributed by atoms with E-state index < -0.39 is 0 Å². The predicted molar refractivity (Wildman–Crippen MR) is 101 cm³/mol. The van der Waals surface area contributed by atoms with Crippen molar-refractivity contribution in [1.82, 2.24) is 9.97 Å². The standard InChI is InChI=1S/C18H14Br2FN3/c1-11(23-18-17(20)24-16(19)10-22-18)12-6-8-13(9-7-12)14-4-2-3-5-15(14)21/h2-11H,1H3,(H,22,23)/t11-/m1/s1. The normalized spacial score (nSPS) is 12.0. The van der Waals surface area contributed by atoms with E-state index in [9.17, 15) is 4.39 Å². The Kier molecular flexibility index (Phi) is 5.26. The smallest absolute Gasteiger partial charge is 0.159 e. The molecule has 24 heavy (non-hydrogen) atoms. The summed E-state index contributed by atoms with van der Waals surface area (Å²) in [6, 6.07) is 14.6. The Bertz CT molecular complexity index is 853. The van der Waals surface area contributed by atoms with Gasteiger partial charge in [-0.3, -0.25) is 0 Å². The van der Waals surface area contributed by atoms with Crippen molar-refractivity contribution < 1.29 is 4.39 Å². The molecule has 0 aliphatic heterocycles. The van der Waals surface area contributed by atoms with Gasteiger partial charge in [-0.2, -0.15) is 0 Å². The maximum absolute atomic E-state index is 13.9. The minimum atomic E-state index is -0.217. The van der Waals surface area contributed by atoms with E-state index in [1.807, 2.05) is 37.3 Å². The summed E-state index contributed by atoms with van der Waals surface area (Å²) in [5.41, 5.74) is 2.53. The number of rotatable bonds is 4. The average molecular weight is 451 g/mol. The Morgan fingerprint density at radius 1 is 1.04 bits per heavy atom. The first-order chi connectivity index (χ1) is 11.5. The summed E-state index contributed by atoms with van der Waals surface area (Å²) < 4.78 is 15.2. The Morgan fingerprint density at radius 2 is 1.75 bits per heavy atom. The summed E-state index contributed by atoms with van der Waals surface area (Å²) in [7, 11) is 0. The molecule has 0 bridgehead atoms. The molecule has 0 spiro atoms. The fraction of sp³-hybridized carbons (Fsp3) is 0.111. The van der Waals surface area contributed by atoms with Crippen molar-refractivity contribution in [2.45, 2.75) is 13.0 Å². The van der Waals surface area contributed by atoms with E-state index in [0.717, 1.165) is 11.1 Å². The van der Waals surface area contributed by atoms with Gasteiger partial charge in [0.25, 0.3) is 0 Å². The average Bonchev–Trinajstić information content (AvgIpc) is 2.58. The third-order valence-electron chi connectivity index (χ3n) is 3.65. The summed E-state index contributed by atoms with van der Waals surface area (Å²) in [5.74, 6) is 0.453. The molecule has 2 aromatic carbocycles. The highest BCUT2D eigenvalue weighted by Crippen LogP contribution is 2.27. The molecule has 0 aliphatic rings. The molecule has 1 heterocycles. The van der Waals surface area contributed by atoms with Gasteiger partial charge in [0.05, 0.1) is 12.2 Å². The van der Waals surface area contributed by atoms with Crippen LogP contribution in [0.2, 0.25) is 0 Å². The van der Waals surface area contributed by atoms with Gasteiger partial charge in [-0.15, -0.1) is 0 Å². The van der Waals surface area contributed by atoms with Crippen molar-refractivity contribution >= 4 is 37.7 Å². The van der Waals surface area contributed by atoms with Gasteiger partial charge in [0, 0.05) is 5.56 Å². The van der Waals surface area contributed by atoms with Crippen molar-refractivity contribution in [3.8, 4) is 11.1 Å². The van der Waals surface area contributed by atoms with Gasteiger partial charge in [-0.05, 0) is 56.0 Å². The molecular formula is C18H14Br2FN3. The molecule has 1 atom stereocenters. The van der Waals surface area contributed by atoms with Gasteiger partial charge >= 0.3 is 0 Å². The van der Waals surface area contributed by atoms with Crippen LogP contribution < -0.4 is 5.32 Å². The molecule has 122 valence electrons. The maximum atomic E-state index is 13.9. The molecule has 3 aromatic rings.